The standard InChI is InChI=1S/C25H33N5O2.HI/c1-4-26-25(28-16-19-14-24(32)30-22-11-6-5-10-21(19)22)27-15-18-8-7-9-20(13-18)29-23(31)12-17(2)3;/h5-11,13,17,19H,4,12,14-16H2,1-3H3,(H,29,31)(H,30,32)(H2,26,27,28);1H. The van der Waals surface area contributed by atoms with Gasteiger partial charge in [-0.2, -0.15) is 0 Å². The molecule has 2 aromatic carbocycles. The lowest BCUT2D eigenvalue weighted by Crippen LogP contribution is -2.40. The molecule has 7 nitrogen and oxygen atoms in total. The van der Waals surface area contributed by atoms with E-state index in [1.807, 2.05) is 63.2 Å². The van der Waals surface area contributed by atoms with E-state index in [9.17, 15) is 9.59 Å². The molecule has 3 rings (SSSR count). The van der Waals surface area contributed by atoms with Gasteiger partial charge in [-0.15, -0.1) is 24.0 Å². The molecule has 2 amide bonds. The SMILES string of the molecule is CCNC(=NCc1cccc(NC(=O)CC(C)C)c1)NCC1CC(=O)Nc2ccccc21.I. The maximum atomic E-state index is 12.1. The number of carbonyl (C=O) groups excluding carboxylic acids is 2. The zero-order valence-corrected chi connectivity index (χ0v) is 21.8. The van der Waals surface area contributed by atoms with Gasteiger partial charge in [-0.05, 0) is 42.2 Å². The zero-order valence-electron chi connectivity index (χ0n) is 19.5. The lowest BCUT2D eigenvalue weighted by molar-refractivity contribution is -0.117. The van der Waals surface area contributed by atoms with Crippen molar-refractivity contribution in [2.45, 2.75) is 46.1 Å². The Labute approximate surface area is 213 Å². The summed E-state index contributed by atoms with van der Waals surface area (Å²) in [6.07, 6.45) is 0.945. The maximum Gasteiger partial charge on any atom is 0.225 e. The summed E-state index contributed by atoms with van der Waals surface area (Å²) in [5.41, 5.74) is 3.81. The van der Waals surface area contributed by atoms with Crippen LogP contribution < -0.4 is 21.3 Å². The Balaban J connectivity index is 0.00000385. The Morgan fingerprint density at radius 3 is 2.70 bits per heavy atom. The van der Waals surface area contributed by atoms with Gasteiger partial charge >= 0.3 is 0 Å². The fraction of sp³-hybridized carbons (Fsp3) is 0.400. The van der Waals surface area contributed by atoms with Crippen LogP contribution in [-0.2, 0) is 16.1 Å². The fourth-order valence-electron chi connectivity index (χ4n) is 3.75. The molecule has 2 aromatic rings. The van der Waals surface area contributed by atoms with Gasteiger partial charge in [0.2, 0.25) is 11.8 Å². The second-order valence-corrected chi connectivity index (χ2v) is 8.46. The first-order chi connectivity index (χ1) is 15.4. The van der Waals surface area contributed by atoms with Crippen molar-refractivity contribution in [3.05, 3.63) is 59.7 Å². The van der Waals surface area contributed by atoms with Crippen LogP contribution in [0.15, 0.2) is 53.5 Å². The summed E-state index contributed by atoms with van der Waals surface area (Å²) in [5, 5.41) is 12.5. The number of aliphatic imine (C=N–C) groups is 1. The number of nitrogens with zero attached hydrogens (tertiary/aromatic N) is 1. The normalized spacial score (nSPS) is 15.2. The van der Waals surface area contributed by atoms with Crippen LogP contribution in [0.2, 0.25) is 0 Å². The monoisotopic (exact) mass is 563 g/mol. The van der Waals surface area contributed by atoms with E-state index >= 15 is 0 Å². The average Bonchev–Trinajstić information content (AvgIpc) is 2.75. The second-order valence-electron chi connectivity index (χ2n) is 8.46. The number of benzene rings is 2. The molecule has 1 aliphatic heterocycles. The Kier molecular flexibility index (Phi) is 10.6. The molecule has 1 heterocycles. The van der Waals surface area contributed by atoms with Crippen LogP contribution in [0, 0.1) is 5.92 Å². The van der Waals surface area contributed by atoms with Gasteiger partial charge in [-0.25, -0.2) is 4.99 Å². The molecule has 0 fully saturated rings. The highest BCUT2D eigenvalue weighted by molar-refractivity contribution is 14.0. The third-order valence-corrected chi connectivity index (χ3v) is 5.19. The van der Waals surface area contributed by atoms with Crippen LogP contribution in [0.25, 0.3) is 0 Å². The molecule has 0 aliphatic carbocycles. The van der Waals surface area contributed by atoms with E-state index in [2.05, 4.69) is 27.3 Å². The molecule has 1 aliphatic rings. The van der Waals surface area contributed by atoms with Crippen molar-refractivity contribution in [3.8, 4) is 0 Å². The van der Waals surface area contributed by atoms with Crippen LogP contribution in [-0.4, -0.2) is 30.9 Å². The first kappa shape index (κ1) is 26.6. The molecular weight excluding hydrogens is 529 g/mol. The molecule has 0 radical (unpaired) electrons. The molecule has 1 atom stereocenters. The van der Waals surface area contributed by atoms with Crippen molar-refractivity contribution in [3.63, 3.8) is 0 Å². The van der Waals surface area contributed by atoms with E-state index in [0.29, 0.717) is 37.8 Å². The van der Waals surface area contributed by atoms with Crippen LogP contribution in [0.1, 0.15) is 50.7 Å². The van der Waals surface area contributed by atoms with E-state index < -0.39 is 0 Å². The van der Waals surface area contributed by atoms with E-state index in [-0.39, 0.29) is 41.7 Å². The molecule has 1 unspecified atom stereocenters. The number of hydrogen-bond acceptors (Lipinski definition) is 3. The third-order valence-electron chi connectivity index (χ3n) is 5.19. The van der Waals surface area contributed by atoms with E-state index in [4.69, 9.17) is 4.99 Å². The molecular formula is C25H34IN5O2. The van der Waals surface area contributed by atoms with E-state index in [1.54, 1.807) is 0 Å². The minimum absolute atomic E-state index is 0. The number of halogens is 1. The quantitative estimate of drug-likeness (QED) is 0.217. The van der Waals surface area contributed by atoms with Crippen molar-refractivity contribution in [2.75, 3.05) is 23.7 Å². The summed E-state index contributed by atoms with van der Waals surface area (Å²) in [6, 6.07) is 15.7. The highest BCUT2D eigenvalue weighted by atomic mass is 127. The van der Waals surface area contributed by atoms with E-state index in [0.717, 1.165) is 29.0 Å². The smallest absolute Gasteiger partial charge is 0.225 e. The van der Waals surface area contributed by atoms with Gasteiger partial charge in [-0.3, -0.25) is 9.59 Å². The van der Waals surface area contributed by atoms with Gasteiger partial charge in [-0.1, -0.05) is 44.2 Å². The minimum Gasteiger partial charge on any atom is -0.357 e. The fourth-order valence-corrected chi connectivity index (χ4v) is 3.75. The Morgan fingerprint density at radius 2 is 1.94 bits per heavy atom. The summed E-state index contributed by atoms with van der Waals surface area (Å²) >= 11 is 0. The van der Waals surface area contributed by atoms with Gasteiger partial charge in [0.15, 0.2) is 5.96 Å². The first-order valence-corrected chi connectivity index (χ1v) is 11.2. The summed E-state index contributed by atoms with van der Waals surface area (Å²) in [4.78, 5) is 28.8. The zero-order chi connectivity index (χ0) is 22.9. The number of anilines is 2. The van der Waals surface area contributed by atoms with Crippen LogP contribution in [0.5, 0.6) is 0 Å². The molecule has 0 saturated heterocycles. The minimum atomic E-state index is 0. The van der Waals surface area contributed by atoms with Gasteiger partial charge in [0, 0.05) is 43.2 Å². The number of nitrogens with one attached hydrogen (secondary N) is 4. The first-order valence-electron chi connectivity index (χ1n) is 11.2. The van der Waals surface area contributed by atoms with Gasteiger partial charge in [0.05, 0.1) is 6.54 Å². The Bertz CT molecular complexity index is 977. The Hall–Kier alpha value is -2.62. The van der Waals surface area contributed by atoms with Crippen molar-refractivity contribution in [1.29, 1.82) is 0 Å². The predicted molar refractivity (Wildman–Crippen MR) is 145 cm³/mol. The number of hydrogen-bond donors (Lipinski definition) is 4. The second kappa shape index (κ2) is 13.2. The van der Waals surface area contributed by atoms with Gasteiger partial charge in [0.1, 0.15) is 0 Å². The third kappa shape index (κ3) is 8.34. The van der Waals surface area contributed by atoms with Crippen molar-refractivity contribution >= 4 is 53.1 Å². The molecule has 0 bridgehead atoms. The highest BCUT2D eigenvalue weighted by Crippen LogP contribution is 2.31. The maximum absolute atomic E-state index is 12.1. The summed E-state index contributed by atoms with van der Waals surface area (Å²) in [5.74, 6) is 1.16. The number of carbonyl (C=O) groups is 2. The number of fused-ring (bicyclic) bond motifs is 1. The van der Waals surface area contributed by atoms with Gasteiger partial charge in [0.25, 0.3) is 0 Å². The van der Waals surface area contributed by atoms with Crippen molar-refractivity contribution < 1.29 is 9.59 Å². The Morgan fingerprint density at radius 1 is 1.15 bits per heavy atom. The molecule has 178 valence electrons. The summed E-state index contributed by atoms with van der Waals surface area (Å²) < 4.78 is 0. The number of para-hydroxylation sites is 1. The molecule has 33 heavy (non-hydrogen) atoms. The topological polar surface area (TPSA) is 94.6 Å². The summed E-state index contributed by atoms with van der Waals surface area (Å²) in [6.45, 7) is 7.90. The molecule has 8 heteroatoms. The van der Waals surface area contributed by atoms with Gasteiger partial charge < -0.3 is 21.3 Å². The van der Waals surface area contributed by atoms with Crippen molar-refractivity contribution in [2.24, 2.45) is 10.9 Å². The number of rotatable bonds is 8. The van der Waals surface area contributed by atoms with Crippen LogP contribution in [0.4, 0.5) is 11.4 Å². The summed E-state index contributed by atoms with van der Waals surface area (Å²) in [7, 11) is 0. The number of amides is 2. The number of guanidine groups is 1. The van der Waals surface area contributed by atoms with Crippen LogP contribution in [0.3, 0.4) is 0 Å². The average molecular weight is 563 g/mol. The van der Waals surface area contributed by atoms with E-state index in [1.165, 1.54) is 0 Å². The van der Waals surface area contributed by atoms with Crippen LogP contribution >= 0.6 is 24.0 Å². The van der Waals surface area contributed by atoms with Crippen molar-refractivity contribution in [1.82, 2.24) is 10.6 Å². The molecule has 0 aromatic heterocycles. The molecule has 0 spiro atoms. The lowest BCUT2D eigenvalue weighted by atomic mass is 9.90. The molecule has 0 saturated carbocycles. The predicted octanol–water partition coefficient (Wildman–Crippen LogP) is 4.47. The molecule has 4 N–H and O–H groups in total. The highest BCUT2D eigenvalue weighted by Gasteiger charge is 2.24. The largest absolute Gasteiger partial charge is 0.357 e. The lowest BCUT2D eigenvalue weighted by Gasteiger charge is -2.26.